The van der Waals surface area contributed by atoms with Gasteiger partial charge in [-0.3, -0.25) is 19.3 Å². The van der Waals surface area contributed by atoms with Gasteiger partial charge in [-0.2, -0.15) is 0 Å². The second kappa shape index (κ2) is 8.41. The number of imide groups is 1. The number of hydrogen-bond acceptors (Lipinski definition) is 5. The van der Waals surface area contributed by atoms with Gasteiger partial charge < -0.3 is 10.5 Å². The standard InChI is InChI=1S/C19H15BrN2O4S/c20-14-3-1-2-13(8-14)10-22-18(24)16(27-19(22)25)9-12-4-6-15(7-5-12)26-11-17(21)23/h1-9H,10-11H2,(H2,21,23)/b16-9-. The Morgan fingerprint density at radius 3 is 2.59 bits per heavy atom. The van der Waals surface area contributed by atoms with Crippen LogP contribution in [-0.2, 0) is 16.1 Å². The highest BCUT2D eigenvalue weighted by molar-refractivity contribution is 9.10. The second-order valence-corrected chi connectivity index (χ2v) is 7.63. The molecule has 0 atom stereocenters. The van der Waals surface area contributed by atoms with Gasteiger partial charge in [-0.15, -0.1) is 0 Å². The fourth-order valence-corrected chi connectivity index (χ4v) is 3.71. The third kappa shape index (κ3) is 4.99. The number of carbonyl (C=O) groups is 3. The molecule has 0 aliphatic carbocycles. The molecule has 0 aromatic heterocycles. The van der Waals surface area contributed by atoms with Crippen LogP contribution in [0.3, 0.4) is 0 Å². The van der Waals surface area contributed by atoms with E-state index in [0.717, 1.165) is 27.4 Å². The Kier molecular flexibility index (Phi) is 5.98. The van der Waals surface area contributed by atoms with Crippen LogP contribution >= 0.6 is 27.7 Å². The highest BCUT2D eigenvalue weighted by atomic mass is 79.9. The summed E-state index contributed by atoms with van der Waals surface area (Å²) in [4.78, 5) is 37.1. The van der Waals surface area contributed by atoms with Crippen LogP contribution in [0, 0.1) is 0 Å². The Balaban J connectivity index is 1.71. The zero-order chi connectivity index (χ0) is 19.4. The van der Waals surface area contributed by atoms with E-state index in [1.165, 1.54) is 4.90 Å². The van der Waals surface area contributed by atoms with Crippen LogP contribution in [0.15, 0.2) is 57.9 Å². The van der Waals surface area contributed by atoms with Crippen molar-refractivity contribution < 1.29 is 19.1 Å². The molecule has 1 saturated heterocycles. The van der Waals surface area contributed by atoms with Gasteiger partial charge in [0.2, 0.25) is 0 Å². The van der Waals surface area contributed by atoms with E-state index >= 15 is 0 Å². The normalized spacial score (nSPS) is 15.4. The summed E-state index contributed by atoms with van der Waals surface area (Å²) in [6.45, 7) is 0.0230. The maximum atomic E-state index is 12.6. The molecule has 2 aromatic carbocycles. The summed E-state index contributed by atoms with van der Waals surface area (Å²) in [6, 6.07) is 14.3. The topological polar surface area (TPSA) is 89.7 Å². The SMILES string of the molecule is NC(=O)COc1ccc(/C=C2\SC(=O)N(Cc3cccc(Br)c3)C2=O)cc1. The van der Waals surface area contributed by atoms with E-state index in [1.54, 1.807) is 30.3 Å². The molecule has 3 rings (SSSR count). The van der Waals surface area contributed by atoms with Gasteiger partial charge in [-0.25, -0.2) is 0 Å². The van der Waals surface area contributed by atoms with Gasteiger partial charge in [-0.05, 0) is 53.2 Å². The fourth-order valence-electron chi connectivity index (χ4n) is 2.42. The fraction of sp³-hybridized carbons (Fsp3) is 0.105. The largest absolute Gasteiger partial charge is 0.484 e. The van der Waals surface area contributed by atoms with Crippen molar-refractivity contribution in [1.29, 1.82) is 0 Å². The summed E-state index contributed by atoms with van der Waals surface area (Å²) >= 11 is 4.29. The molecule has 1 aliphatic heterocycles. The molecule has 8 heteroatoms. The second-order valence-electron chi connectivity index (χ2n) is 5.72. The molecule has 1 aliphatic rings. The predicted octanol–water partition coefficient (Wildman–Crippen LogP) is 3.55. The van der Waals surface area contributed by atoms with Crippen molar-refractivity contribution in [3.63, 3.8) is 0 Å². The van der Waals surface area contributed by atoms with Crippen LogP contribution in [-0.4, -0.2) is 28.6 Å². The number of carbonyl (C=O) groups excluding carboxylic acids is 3. The maximum Gasteiger partial charge on any atom is 0.293 e. The quantitative estimate of drug-likeness (QED) is 0.685. The number of thioether (sulfide) groups is 1. The van der Waals surface area contributed by atoms with Crippen LogP contribution in [0.2, 0.25) is 0 Å². The van der Waals surface area contributed by atoms with E-state index < -0.39 is 5.91 Å². The summed E-state index contributed by atoms with van der Waals surface area (Å²) in [5.74, 6) is -0.383. The molecule has 6 nitrogen and oxygen atoms in total. The van der Waals surface area contributed by atoms with E-state index in [9.17, 15) is 14.4 Å². The van der Waals surface area contributed by atoms with Gasteiger partial charge in [0.25, 0.3) is 17.1 Å². The average Bonchev–Trinajstić information content (AvgIpc) is 2.89. The van der Waals surface area contributed by atoms with Crippen molar-refractivity contribution in [2.75, 3.05) is 6.61 Å². The molecule has 3 amide bonds. The third-order valence-corrected chi connectivity index (χ3v) is 5.06. The Hall–Kier alpha value is -2.58. The molecule has 27 heavy (non-hydrogen) atoms. The first-order valence-corrected chi connectivity index (χ1v) is 9.54. The van der Waals surface area contributed by atoms with Crippen LogP contribution < -0.4 is 10.5 Å². The van der Waals surface area contributed by atoms with Gasteiger partial charge >= 0.3 is 0 Å². The number of ether oxygens (including phenoxy) is 1. The van der Waals surface area contributed by atoms with Crippen LogP contribution in [0.25, 0.3) is 6.08 Å². The lowest BCUT2D eigenvalue weighted by molar-refractivity contribution is -0.123. The number of primary amides is 1. The van der Waals surface area contributed by atoms with E-state index in [0.29, 0.717) is 10.7 Å². The smallest absolute Gasteiger partial charge is 0.293 e. The van der Waals surface area contributed by atoms with Crippen molar-refractivity contribution in [2.24, 2.45) is 5.73 Å². The van der Waals surface area contributed by atoms with Crippen molar-refractivity contribution in [1.82, 2.24) is 4.90 Å². The van der Waals surface area contributed by atoms with E-state index in [4.69, 9.17) is 10.5 Å². The minimum atomic E-state index is -0.557. The van der Waals surface area contributed by atoms with Crippen molar-refractivity contribution >= 4 is 50.8 Å². The number of amides is 3. The Morgan fingerprint density at radius 2 is 1.93 bits per heavy atom. The number of nitrogens with zero attached hydrogens (tertiary/aromatic N) is 1. The highest BCUT2D eigenvalue weighted by Gasteiger charge is 2.34. The van der Waals surface area contributed by atoms with Gasteiger partial charge in [0, 0.05) is 4.47 Å². The maximum absolute atomic E-state index is 12.6. The van der Waals surface area contributed by atoms with E-state index in [2.05, 4.69) is 15.9 Å². The van der Waals surface area contributed by atoms with Crippen molar-refractivity contribution in [3.8, 4) is 5.75 Å². The zero-order valence-electron chi connectivity index (χ0n) is 14.1. The lowest BCUT2D eigenvalue weighted by Gasteiger charge is -2.12. The summed E-state index contributed by atoms with van der Waals surface area (Å²) in [7, 11) is 0. The number of halogens is 1. The Bertz CT molecular complexity index is 928. The summed E-state index contributed by atoms with van der Waals surface area (Å²) in [6.07, 6.45) is 1.66. The molecule has 0 radical (unpaired) electrons. The predicted molar refractivity (Wildman–Crippen MR) is 107 cm³/mol. The molecule has 2 N–H and O–H groups in total. The highest BCUT2D eigenvalue weighted by Crippen LogP contribution is 2.33. The number of hydrogen-bond donors (Lipinski definition) is 1. The summed E-state index contributed by atoms with van der Waals surface area (Å²) < 4.78 is 6.08. The van der Waals surface area contributed by atoms with Gasteiger partial charge in [0.15, 0.2) is 6.61 Å². The van der Waals surface area contributed by atoms with Gasteiger partial charge in [0.1, 0.15) is 5.75 Å². The van der Waals surface area contributed by atoms with Crippen LogP contribution in [0.5, 0.6) is 5.75 Å². The third-order valence-electron chi connectivity index (χ3n) is 3.66. The summed E-state index contributed by atoms with van der Waals surface area (Å²) in [5, 5.41) is -0.298. The van der Waals surface area contributed by atoms with Gasteiger partial charge in [-0.1, -0.05) is 40.2 Å². The number of rotatable bonds is 6. The molecule has 1 fully saturated rings. The van der Waals surface area contributed by atoms with E-state index in [-0.39, 0.29) is 24.3 Å². The minimum Gasteiger partial charge on any atom is -0.484 e. The van der Waals surface area contributed by atoms with E-state index in [1.807, 2.05) is 24.3 Å². The van der Waals surface area contributed by atoms with Crippen molar-refractivity contribution in [3.05, 3.63) is 69.0 Å². The Labute approximate surface area is 168 Å². The monoisotopic (exact) mass is 446 g/mol. The molecule has 138 valence electrons. The molecule has 0 spiro atoms. The zero-order valence-corrected chi connectivity index (χ0v) is 16.5. The molecular formula is C19H15BrN2O4S. The minimum absolute atomic E-state index is 0.201. The first-order chi connectivity index (χ1) is 12.9. The average molecular weight is 447 g/mol. The van der Waals surface area contributed by atoms with Gasteiger partial charge in [0.05, 0.1) is 11.4 Å². The first kappa shape index (κ1) is 19.2. The van der Waals surface area contributed by atoms with Crippen molar-refractivity contribution in [2.45, 2.75) is 6.54 Å². The summed E-state index contributed by atoms with van der Waals surface area (Å²) in [5.41, 5.74) is 6.64. The Morgan fingerprint density at radius 1 is 1.19 bits per heavy atom. The molecule has 1 heterocycles. The molecule has 0 unspecified atom stereocenters. The number of nitrogens with two attached hydrogens (primary N) is 1. The van der Waals surface area contributed by atoms with Crippen LogP contribution in [0.1, 0.15) is 11.1 Å². The first-order valence-electron chi connectivity index (χ1n) is 7.93. The lowest BCUT2D eigenvalue weighted by Crippen LogP contribution is -2.27. The molecule has 0 bridgehead atoms. The molecule has 2 aromatic rings. The number of benzene rings is 2. The molecule has 0 saturated carbocycles. The molecular weight excluding hydrogens is 432 g/mol. The lowest BCUT2D eigenvalue weighted by atomic mass is 10.2. The van der Waals surface area contributed by atoms with Crippen LogP contribution in [0.4, 0.5) is 4.79 Å².